The Morgan fingerprint density at radius 3 is 2.35 bits per heavy atom. The Morgan fingerprint density at radius 1 is 1.09 bits per heavy atom. The predicted octanol–water partition coefficient (Wildman–Crippen LogP) is 3.03. The lowest BCUT2D eigenvalue weighted by atomic mass is 9.98. The maximum absolute atomic E-state index is 12.1. The van der Waals surface area contributed by atoms with Crippen LogP contribution in [0.1, 0.15) is 36.9 Å². The van der Waals surface area contributed by atoms with Gasteiger partial charge in [0.2, 0.25) is 5.91 Å². The fraction of sp³-hybridized carbons (Fsp3) is 0.316. The van der Waals surface area contributed by atoms with Crippen LogP contribution < -0.4 is 15.8 Å². The summed E-state index contributed by atoms with van der Waals surface area (Å²) >= 11 is 0. The summed E-state index contributed by atoms with van der Waals surface area (Å²) in [6, 6.07) is 17.6. The molecule has 2 rings (SSSR count). The van der Waals surface area contributed by atoms with Crippen molar-refractivity contribution in [2.45, 2.75) is 25.8 Å². The van der Waals surface area contributed by atoms with Gasteiger partial charge in [-0.2, -0.15) is 0 Å². The second-order valence-corrected chi connectivity index (χ2v) is 5.31. The minimum absolute atomic E-state index is 0.0122. The molecular formula is C19H24N2O2. The van der Waals surface area contributed by atoms with Crippen LogP contribution in [0, 0.1) is 0 Å². The summed E-state index contributed by atoms with van der Waals surface area (Å²) in [4.78, 5) is 12.1. The molecule has 4 nitrogen and oxygen atoms in total. The lowest BCUT2D eigenvalue weighted by Crippen LogP contribution is -2.29. The SMILES string of the molecule is CCOc1ccc(C(NC(=O)CCCN)c2ccccc2)cc1. The highest BCUT2D eigenvalue weighted by atomic mass is 16.5. The molecule has 2 aromatic carbocycles. The number of amides is 1. The summed E-state index contributed by atoms with van der Waals surface area (Å²) in [7, 11) is 0. The van der Waals surface area contributed by atoms with E-state index >= 15 is 0 Å². The van der Waals surface area contributed by atoms with Gasteiger partial charge >= 0.3 is 0 Å². The zero-order valence-electron chi connectivity index (χ0n) is 13.5. The van der Waals surface area contributed by atoms with Gasteiger partial charge in [0.05, 0.1) is 12.6 Å². The maximum atomic E-state index is 12.1. The molecule has 4 heteroatoms. The average molecular weight is 312 g/mol. The summed E-state index contributed by atoms with van der Waals surface area (Å²) in [5.74, 6) is 0.843. The molecule has 0 aromatic heterocycles. The standard InChI is InChI=1S/C19H24N2O2/c1-2-23-17-12-10-16(11-13-17)19(15-7-4-3-5-8-15)21-18(22)9-6-14-20/h3-5,7-8,10-13,19H,2,6,9,14,20H2,1H3,(H,21,22). The molecule has 0 aliphatic carbocycles. The van der Waals surface area contributed by atoms with E-state index in [1.165, 1.54) is 0 Å². The molecule has 23 heavy (non-hydrogen) atoms. The van der Waals surface area contributed by atoms with E-state index in [-0.39, 0.29) is 11.9 Å². The van der Waals surface area contributed by atoms with Crippen LogP contribution in [0.2, 0.25) is 0 Å². The summed E-state index contributed by atoms with van der Waals surface area (Å²) in [6.45, 7) is 3.11. The quantitative estimate of drug-likeness (QED) is 0.787. The van der Waals surface area contributed by atoms with Crippen molar-refractivity contribution in [3.63, 3.8) is 0 Å². The van der Waals surface area contributed by atoms with E-state index in [2.05, 4.69) is 5.32 Å². The van der Waals surface area contributed by atoms with Crippen LogP contribution >= 0.6 is 0 Å². The Labute approximate surface area is 137 Å². The first-order valence-electron chi connectivity index (χ1n) is 8.01. The molecule has 0 aliphatic rings. The van der Waals surface area contributed by atoms with Gasteiger partial charge in [-0.05, 0) is 43.1 Å². The largest absolute Gasteiger partial charge is 0.494 e. The highest BCUT2D eigenvalue weighted by Gasteiger charge is 2.16. The Bertz CT molecular complexity index is 597. The average Bonchev–Trinajstić information content (AvgIpc) is 2.60. The molecule has 0 heterocycles. The minimum Gasteiger partial charge on any atom is -0.494 e. The number of nitrogens with two attached hydrogens (primary N) is 1. The molecule has 0 saturated carbocycles. The van der Waals surface area contributed by atoms with Crippen molar-refractivity contribution in [3.8, 4) is 5.75 Å². The van der Waals surface area contributed by atoms with Crippen molar-refractivity contribution in [1.29, 1.82) is 0 Å². The number of carbonyl (C=O) groups is 1. The third kappa shape index (κ3) is 5.11. The molecule has 1 atom stereocenters. The van der Waals surface area contributed by atoms with E-state index in [9.17, 15) is 4.79 Å². The van der Waals surface area contributed by atoms with Crippen molar-refractivity contribution < 1.29 is 9.53 Å². The lowest BCUT2D eigenvalue weighted by molar-refractivity contribution is -0.121. The molecule has 1 amide bonds. The van der Waals surface area contributed by atoms with Crippen LogP contribution in [0.25, 0.3) is 0 Å². The fourth-order valence-electron chi connectivity index (χ4n) is 2.42. The van der Waals surface area contributed by atoms with Crippen LogP contribution in [0.5, 0.6) is 5.75 Å². The highest BCUT2D eigenvalue weighted by Crippen LogP contribution is 2.24. The first kappa shape index (κ1) is 17.0. The number of rotatable bonds is 8. The second-order valence-electron chi connectivity index (χ2n) is 5.31. The first-order chi connectivity index (χ1) is 11.2. The molecule has 1 unspecified atom stereocenters. The number of benzene rings is 2. The normalized spacial score (nSPS) is 11.7. The van der Waals surface area contributed by atoms with Crippen LogP contribution in [0.3, 0.4) is 0 Å². The smallest absolute Gasteiger partial charge is 0.220 e. The minimum atomic E-state index is -0.169. The van der Waals surface area contributed by atoms with Gasteiger partial charge in [0.1, 0.15) is 5.75 Å². The van der Waals surface area contributed by atoms with E-state index in [1.807, 2.05) is 61.5 Å². The molecule has 0 saturated heterocycles. The van der Waals surface area contributed by atoms with Crippen molar-refractivity contribution >= 4 is 5.91 Å². The van der Waals surface area contributed by atoms with Crippen molar-refractivity contribution in [2.75, 3.05) is 13.2 Å². The van der Waals surface area contributed by atoms with E-state index in [0.717, 1.165) is 16.9 Å². The molecule has 0 spiro atoms. The zero-order chi connectivity index (χ0) is 16.5. The van der Waals surface area contributed by atoms with Gasteiger partial charge in [-0.15, -0.1) is 0 Å². The van der Waals surface area contributed by atoms with Crippen molar-refractivity contribution in [1.82, 2.24) is 5.32 Å². The lowest BCUT2D eigenvalue weighted by Gasteiger charge is -2.20. The molecule has 0 aliphatic heterocycles. The summed E-state index contributed by atoms with van der Waals surface area (Å²) in [5, 5.41) is 3.10. The zero-order valence-corrected chi connectivity index (χ0v) is 13.5. The Hall–Kier alpha value is -2.33. The van der Waals surface area contributed by atoms with Gasteiger partial charge in [0, 0.05) is 6.42 Å². The predicted molar refractivity (Wildman–Crippen MR) is 92.3 cm³/mol. The van der Waals surface area contributed by atoms with Gasteiger partial charge in [0.15, 0.2) is 0 Å². The van der Waals surface area contributed by atoms with E-state index in [0.29, 0.717) is 26.0 Å². The van der Waals surface area contributed by atoms with Gasteiger partial charge < -0.3 is 15.8 Å². The summed E-state index contributed by atoms with van der Waals surface area (Å²) in [5.41, 5.74) is 7.56. The van der Waals surface area contributed by atoms with Gasteiger partial charge in [-0.25, -0.2) is 0 Å². The summed E-state index contributed by atoms with van der Waals surface area (Å²) in [6.07, 6.45) is 1.13. The van der Waals surface area contributed by atoms with Crippen LogP contribution in [0.15, 0.2) is 54.6 Å². The van der Waals surface area contributed by atoms with Crippen LogP contribution in [-0.4, -0.2) is 19.1 Å². The van der Waals surface area contributed by atoms with Gasteiger partial charge in [-0.1, -0.05) is 42.5 Å². The maximum Gasteiger partial charge on any atom is 0.220 e. The van der Waals surface area contributed by atoms with E-state index in [1.54, 1.807) is 0 Å². The number of ether oxygens (including phenoxy) is 1. The molecule has 3 N–H and O–H groups in total. The first-order valence-corrected chi connectivity index (χ1v) is 8.01. The Morgan fingerprint density at radius 2 is 1.74 bits per heavy atom. The van der Waals surface area contributed by atoms with Crippen molar-refractivity contribution in [2.24, 2.45) is 5.73 Å². The third-order valence-electron chi connectivity index (χ3n) is 3.57. The number of hydrogen-bond acceptors (Lipinski definition) is 3. The van der Waals surface area contributed by atoms with Crippen LogP contribution in [-0.2, 0) is 4.79 Å². The fourth-order valence-corrected chi connectivity index (χ4v) is 2.42. The number of nitrogens with one attached hydrogen (secondary N) is 1. The molecule has 0 fully saturated rings. The van der Waals surface area contributed by atoms with Crippen LogP contribution in [0.4, 0.5) is 0 Å². The molecular weight excluding hydrogens is 288 g/mol. The molecule has 122 valence electrons. The third-order valence-corrected chi connectivity index (χ3v) is 3.57. The topological polar surface area (TPSA) is 64.3 Å². The van der Waals surface area contributed by atoms with E-state index in [4.69, 9.17) is 10.5 Å². The molecule has 2 aromatic rings. The number of carbonyl (C=O) groups excluding carboxylic acids is 1. The Balaban J connectivity index is 2.20. The highest BCUT2D eigenvalue weighted by molar-refractivity contribution is 5.77. The molecule has 0 bridgehead atoms. The monoisotopic (exact) mass is 312 g/mol. The molecule has 0 radical (unpaired) electrons. The van der Waals surface area contributed by atoms with E-state index < -0.39 is 0 Å². The summed E-state index contributed by atoms with van der Waals surface area (Å²) < 4.78 is 5.48. The number of hydrogen-bond donors (Lipinski definition) is 2. The van der Waals surface area contributed by atoms with Gasteiger partial charge in [0.25, 0.3) is 0 Å². The van der Waals surface area contributed by atoms with Gasteiger partial charge in [-0.3, -0.25) is 4.79 Å². The Kier molecular flexibility index (Phi) is 6.63. The second kappa shape index (κ2) is 8.96. The van der Waals surface area contributed by atoms with Crippen molar-refractivity contribution in [3.05, 3.63) is 65.7 Å².